The van der Waals surface area contributed by atoms with E-state index in [1.807, 2.05) is 24.3 Å². The molecule has 0 aliphatic carbocycles. The van der Waals surface area contributed by atoms with Gasteiger partial charge in [0.2, 0.25) is 0 Å². The van der Waals surface area contributed by atoms with Crippen LogP contribution in [-0.2, 0) is 11.3 Å². The molecule has 0 atom stereocenters. The fraction of sp³-hybridized carbons (Fsp3) is 0.0833. The van der Waals surface area contributed by atoms with Gasteiger partial charge in [0.25, 0.3) is 0 Å². The number of esters is 1. The summed E-state index contributed by atoms with van der Waals surface area (Å²) in [6, 6.07) is 9.12. The molecule has 5 heteroatoms. The van der Waals surface area contributed by atoms with Gasteiger partial charge in [-0.2, -0.15) is 0 Å². The molecule has 1 aromatic carbocycles. The van der Waals surface area contributed by atoms with E-state index in [9.17, 15) is 4.79 Å². The number of benzene rings is 1. The van der Waals surface area contributed by atoms with Crippen LogP contribution in [0.25, 0.3) is 0 Å². The summed E-state index contributed by atoms with van der Waals surface area (Å²) in [7, 11) is 0. The molecule has 0 aliphatic heterocycles. The molecule has 0 amide bonds. The van der Waals surface area contributed by atoms with E-state index in [4.69, 9.17) is 16.3 Å². The Bertz CT molecular complexity index is 539. The number of hydrogen-bond acceptors (Lipinski definition) is 2. The highest BCUT2D eigenvalue weighted by atomic mass is 79.9. The summed E-state index contributed by atoms with van der Waals surface area (Å²) in [5.41, 5.74) is 1.27. The first kappa shape index (κ1) is 12.2. The second kappa shape index (κ2) is 5.38. The first-order chi connectivity index (χ1) is 8.15. The van der Waals surface area contributed by atoms with Crippen molar-refractivity contribution < 1.29 is 9.53 Å². The lowest BCUT2D eigenvalue weighted by atomic mass is 10.2. The third kappa shape index (κ3) is 3.35. The van der Waals surface area contributed by atoms with E-state index in [1.54, 1.807) is 0 Å². The third-order valence-electron chi connectivity index (χ3n) is 2.13. The van der Waals surface area contributed by atoms with Gasteiger partial charge < -0.3 is 9.72 Å². The molecule has 2 aromatic rings. The molecular formula is C12H9BrClNO2. The number of halogens is 2. The minimum Gasteiger partial charge on any atom is -0.456 e. The van der Waals surface area contributed by atoms with Crippen LogP contribution in [-0.4, -0.2) is 11.0 Å². The highest BCUT2D eigenvalue weighted by Gasteiger charge is 2.09. The Labute approximate surface area is 112 Å². The lowest BCUT2D eigenvalue weighted by molar-refractivity contribution is 0.0466. The zero-order chi connectivity index (χ0) is 12.3. The Hall–Kier alpha value is -1.26. The number of carbonyl (C=O) groups excluding carboxylic acids is 1. The Balaban J connectivity index is 1.97. The Morgan fingerprint density at radius 2 is 2.24 bits per heavy atom. The van der Waals surface area contributed by atoms with Crippen molar-refractivity contribution in [1.29, 1.82) is 0 Å². The van der Waals surface area contributed by atoms with Crippen molar-refractivity contribution in [2.24, 2.45) is 0 Å². The molecule has 3 nitrogen and oxygen atoms in total. The number of ether oxygens (including phenoxy) is 1. The van der Waals surface area contributed by atoms with Gasteiger partial charge in [0.1, 0.15) is 12.3 Å². The van der Waals surface area contributed by atoms with E-state index < -0.39 is 5.97 Å². The molecule has 17 heavy (non-hydrogen) atoms. The molecular weight excluding hydrogens is 305 g/mol. The predicted molar refractivity (Wildman–Crippen MR) is 69.1 cm³/mol. The molecule has 0 radical (unpaired) electrons. The van der Waals surface area contributed by atoms with Crippen LogP contribution in [0.4, 0.5) is 0 Å². The van der Waals surface area contributed by atoms with Gasteiger partial charge in [-0.05, 0) is 23.8 Å². The Morgan fingerprint density at radius 3 is 2.88 bits per heavy atom. The van der Waals surface area contributed by atoms with Gasteiger partial charge in [-0.3, -0.25) is 0 Å². The Morgan fingerprint density at radius 1 is 1.41 bits per heavy atom. The zero-order valence-corrected chi connectivity index (χ0v) is 11.1. The average Bonchev–Trinajstić information content (AvgIpc) is 2.73. The maximum Gasteiger partial charge on any atom is 0.355 e. The Kier molecular flexibility index (Phi) is 3.86. The molecule has 1 N–H and O–H groups in total. The number of carbonyl (C=O) groups is 1. The van der Waals surface area contributed by atoms with E-state index >= 15 is 0 Å². The van der Waals surface area contributed by atoms with Crippen molar-refractivity contribution in [3.63, 3.8) is 0 Å². The summed E-state index contributed by atoms with van der Waals surface area (Å²) >= 11 is 9.05. The number of rotatable bonds is 3. The van der Waals surface area contributed by atoms with Crippen LogP contribution in [0, 0.1) is 0 Å². The van der Waals surface area contributed by atoms with Gasteiger partial charge in [-0.25, -0.2) is 4.79 Å². The van der Waals surface area contributed by atoms with Crippen LogP contribution in [0.2, 0.25) is 5.02 Å². The van der Waals surface area contributed by atoms with Crippen molar-refractivity contribution in [2.75, 3.05) is 0 Å². The average molecular weight is 315 g/mol. The van der Waals surface area contributed by atoms with Crippen molar-refractivity contribution in [3.05, 3.63) is 57.3 Å². The SMILES string of the molecule is O=C(OCc1cccc(Br)c1)c1cc(Cl)c[nH]1. The van der Waals surface area contributed by atoms with Gasteiger partial charge >= 0.3 is 5.97 Å². The third-order valence-corrected chi connectivity index (χ3v) is 2.84. The molecule has 0 bridgehead atoms. The molecule has 88 valence electrons. The van der Waals surface area contributed by atoms with Gasteiger partial charge in [-0.15, -0.1) is 0 Å². The highest BCUT2D eigenvalue weighted by molar-refractivity contribution is 9.10. The van der Waals surface area contributed by atoms with E-state index in [0.29, 0.717) is 10.7 Å². The summed E-state index contributed by atoms with van der Waals surface area (Å²) in [6.45, 7) is 0.231. The molecule has 2 rings (SSSR count). The topological polar surface area (TPSA) is 42.1 Å². The minimum atomic E-state index is -0.420. The fourth-order valence-electron chi connectivity index (χ4n) is 1.34. The normalized spacial score (nSPS) is 10.2. The summed E-state index contributed by atoms with van der Waals surface area (Å²) in [5, 5.41) is 0.486. The molecule has 1 heterocycles. The first-order valence-corrected chi connectivity index (χ1v) is 6.08. The van der Waals surface area contributed by atoms with Crippen molar-refractivity contribution in [2.45, 2.75) is 6.61 Å². The maximum absolute atomic E-state index is 11.6. The molecule has 0 unspecified atom stereocenters. The van der Waals surface area contributed by atoms with Crippen molar-refractivity contribution >= 4 is 33.5 Å². The second-order valence-corrected chi connectivity index (χ2v) is 4.79. The number of H-pyrrole nitrogens is 1. The fourth-order valence-corrected chi connectivity index (χ4v) is 1.95. The van der Waals surface area contributed by atoms with Crippen molar-refractivity contribution in [1.82, 2.24) is 4.98 Å². The molecule has 0 saturated carbocycles. The lowest BCUT2D eigenvalue weighted by Crippen LogP contribution is -2.05. The quantitative estimate of drug-likeness (QED) is 0.876. The lowest BCUT2D eigenvalue weighted by Gasteiger charge is -2.03. The smallest absolute Gasteiger partial charge is 0.355 e. The van der Waals surface area contributed by atoms with Gasteiger partial charge in [0.15, 0.2) is 0 Å². The van der Waals surface area contributed by atoms with E-state index in [-0.39, 0.29) is 6.61 Å². The van der Waals surface area contributed by atoms with Crippen LogP contribution in [0.3, 0.4) is 0 Å². The monoisotopic (exact) mass is 313 g/mol. The molecule has 0 fully saturated rings. The first-order valence-electron chi connectivity index (χ1n) is 4.90. The van der Waals surface area contributed by atoms with Crippen LogP contribution in [0.15, 0.2) is 41.0 Å². The number of aromatic nitrogens is 1. The van der Waals surface area contributed by atoms with Gasteiger partial charge in [-0.1, -0.05) is 39.7 Å². The number of hydrogen-bond donors (Lipinski definition) is 1. The van der Waals surface area contributed by atoms with Crippen LogP contribution in [0.1, 0.15) is 16.1 Å². The molecule has 1 aromatic heterocycles. The van der Waals surface area contributed by atoms with E-state index in [1.165, 1.54) is 12.3 Å². The van der Waals surface area contributed by atoms with Crippen LogP contribution < -0.4 is 0 Å². The molecule has 0 saturated heterocycles. The maximum atomic E-state index is 11.6. The standard InChI is InChI=1S/C12H9BrClNO2/c13-9-3-1-2-8(4-9)7-17-12(16)11-5-10(14)6-15-11/h1-6,15H,7H2. The summed E-state index contributed by atoms with van der Waals surface area (Å²) in [6.07, 6.45) is 1.54. The molecule has 0 spiro atoms. The van der Waals surface area contributed by atoms with E-state index in [2.05, 4.69) is 20.9 Å². The van der Waals surface area contributed by atoms with Crippen molar-refractivity contribution in [3.8, 4) is 0 Å². The largest absolute Gasteiger partial charge is 0.456 e. The van der Waals surface area contributed by atoms with Gasteiger partial charge in [0.05, 0.1) is 5.02 Å². The van der Waals surface area contributed by atoms with Crippen LogP contribution >= 0.6 is 27.5 Å². The summed E-state index contributed by atoms with van der Waals surface area (Å²) in [5.74, 6) is -0.420. The molecule has 0 aliphatic rings. The van der Waals surface area contributed by atoms with Gasteiger partial charge in [0, 0.05) is 10.7 Å². The number of nitrogens with one attached hydrogen (secondary N) is 1. The zero-order valence-electron chi connectivity index (χ0n) is 8.74. The second-order valence-electron chi connectivity index (χ2n) is 3.44. The summed E-state index contributed by atoms with van der Waals surface area (Å²) < 4.78 is 6.09. The minimum absolute atomic E-state index is 0.231. The number of aromatic amines is 1. The van der Waals surface area contributed by atoms with Crippen LogP contribution in [0.5, 0.6) is 0 Å². The predicted octanol–water partition coefficient (Wildman–Crippen LogP) is 3.79. The van der Waals surface area contributed by atoms with E-state index in [0.717, 1.165) is 10.0 Å². The summed E-state index contributed by atoms with van der Waals surface area (Å²) in [4.78, 5) is 14.3. The highest BCUT2D eigenvalue weighted by Crippen LogP contribution is 2.14.